The maximum atomic E-state index is 12.4. The minimum Gasteiger partial charge on any atom is -0.483 e. The number of sulfonamides is 1. The third-order valence-electron chi connectivity index (χ3n) is 4.11. The molecular weight excluding hydrogens is 444 g/mol. The van der Waals surface area contributed by atoms with E-state index in [9.17, 15) is 13.2 Å². The lowest BCUT2D eigenvalue weighted by Crippen LogP contribution is -2.25. The molecule has 3 rings (SSSR count). The molecule has 0 aliphatic heterocycles. The molecule has 0 radical (unpaired) electrons. The number of ether oxygens (including phenoxy) is 1. The largest absolute Gasteiger partial charge is 0.483 e. The van der Waals surface area contributed by atoms with Crippen LogP contribution < -0.4 is 10.1 Å². The summed E-state index contributed by atoms with van der Waals surface area (Å²) in [6.07, 6.45) is 0. The molecule has 0 aliphatic rings. The molecular formula is C20H19BrN2O4S. The maximum Gasteiger partial charge on any atom is 0.262 e. The molecule has 28 heavy (non-hydrogen) atoms. The Balaban J connectivity index is 1.75. The van der Waals surface area contributed by atoms with Gasteiger partial charge in [-0.15, -0.1) is 0 Å². The van der Waals surface area contributed by atoms with Gasteiger partial charge in [-0.05, 0) is 44.9 Å². The number of carbonyl (C=O) groups is 1. The molecule has 0 fully saturated rings. The molecule has 0 aromatic heterocycles. The number of nitrogens with one attached hydrogen (secondary N) is 1. The van der Waals surface area contributed by atoms with E-state index in [1.54, 1.807) is 24.3 Å². The first kappa shape index (κ1) is 20.3. The minimum absolute atomic E-state index is 0.0280. The number of fused-ring (bicyclic) bond motifs is 1. The number of anilines is 1. The van der Waals surface area contributed by atoms with Crippen molar-refractivity contribution < 1.29 is 17.9 Å². The molecule has 0 atom stereocenters. The zero-order valence-corrected chi connectivity index (χ0v) is 17.7. The smallest absolute Gasteiger partial charge is 0.262 e. The number of amides is 1. The van der Waals surface area contributed by atoms with Gasteiger partial charge >= 0.3 is 0 Å². The van der Waals surface area contributed by atoms with E-state index in [1.807, 2.05) is 30.3 Å². The third kappa shape index (κ3) is 4.19. The van der Waals surface area contributed by atoms with Crippen LogP contribution in [0.4, 0.5) is 5.69 Å². The van der Waals surface area contributed by atoms with Gasteiger partial charge < -0.3 is 10.1 Å². The normalized spacial score (nSPS) is 11.6. The second kappa shape index (κ2) is 8.30. The maximum absolute atomic E-state index is 12.4. The highest BCUT2D eigenvalue weighted by atomic mass is 79.9. The molecule has 6 nitrogen and oxygen atoms in total. The second-order valence-corrected chi connectivity index (χ2v) is 9.13. The van der Waals surface area contributed by atoms with Crippen molar-refractivity contribution >= 4 is 48.3 Å². The fraction of sp³-hybridized carbons (Fsp3) is 0.150. The highest BCUT2D eigenvalue weighted by Crippen LogP contribution is 2.33. The van der Waals surface area contributed by atoms with Crippen LogP contribution in [-0.2, 0) is 14.8 Å². The van der Waals surface area contributed by atoms with Crippen molar-refractivity contribution in [2.75, 3.05) is 26.0 Å². The van der Waals surface area contributed by atoms with E-state index in [0.717, 1.165) is 19.6 Å². The van der Waals surface area contributed by atoms with Crippen LogP contribution in [0.5, 0.6) is 5.75 Å². The molecule has 0 spiro atoms. The molecule has 3 aromatic rings. The van der Waals surface area contributed by atoms with Gasteiger partial charge in [-0.2, -0.15) is 0 Å². The summed E-state index contributed by atoms with van der Waals surface area (Å²) in [5.41, 5.74) is 0.211. The van der Waals surface area contributed by atoms with Gasteiger partial charge in [-0.1, -0.05) is 42.5 Å². The van der Waals surface area contributed by atoms with Crippen LogP contribution in [-0.4, -0.2) is 39.3 Å². The zero-order chi connectivity index (χ0) is 20.3. The van der Waals surface area contributed by atoms with Crippen molar-refractivity contribution in [1.29, 1.82) is 0 Å². The van der Waals surface area contributed by atoms with Crippen molar-refractivity contribution in [3.05, 3.63) is 65.1 Å². The highest BCUT2D eigenvalue weighted by Gasteiger charge is 2.22. The summed E-state index contributed by atoms with van der Waals surface area (Å²) < 4.78 is 32.3. The van der Waals surface area contributed by atoms with E-state index >= 15 is 0 Å². The first-order chi connectivity index (χ1) is 13.3. The number of rotatable bonds is 6. The molecule has 0 saturated carbocycles. The molecule has 1 amide bonds. The summed E-state index contributed by atoms with van der Waals surface area (Å²) in [6, 6.07) is 17.8. The molecule has 0 saturated heterocycles. The fourth-order valence-corrected chi connectivity index (χ4v) is 4.29. The lowest BCUT2D eigenvalue weighted by atomic mass is 10.1. The topological polar surface area (TPSA) is 75.7 Å². The van der Waals surface area contributed by atoms with E-state index in [-0.39, 0.29) is 17.2 Å². The minimum atomic E-state index is -3.68. The number of hydrogen-bond acceptors (Lipinski definition) is 4. The Bertz CT molecular complexity index is 1130. The average molecular weight is 463 g/mol. The highest BCUT2D eigenvalue weighted by molar-refractivity contribution is 9.10. The molecule has 1 N–H and O–H groups in total. The van der Waals surface area contributed by atoms with Crippen molar-refractivity contribution in [3.63, 3.8) is 0 Å². The monoisotopic (exact) mass is 462 g/mol. The predicted octanol–water partition coefficient (Wildman–Crippen LogP) is 3.87. The molecule has 8 heteroatoms. The lowest BCUT2D eigenvalue weighted by Gasteiger charge is -2.16. The van der Waals surface area contributed by atoms with Crippen LogP contribution in [0.1, 0.15) is 0 Å². The number of hydrogen-bond donors (Lipinski definition) is 1. The summed E-state index contributed by atoms with van der Waals surface area (Å²) in [6.45, 7) is -0.257. The zero-order valence-electron chi connectivity index (χ0n) is 15.3. The van der Waals surface area contributed by atoms with Crippen LogP contribution in [0, 0.1) is 0 Å². The van der Waals surface area contributed by atoms with Gasteiger partial charge in [0.15, 0.2) is 6.61 Å². The van der Waals surface area contributed by atoms with Gasteiger partial charge in [0, 0.05) is 14.1 Å². The molecule has 0 unspecified atom stereocenters. The number of halogens is 1. The number of para-hydroxylation sites is 1. The van der Waals surface area contributed by atoms with Gasteiger partial charge in [0.05, 0.1) is 10.2 Å². The summed E-state index contributed by atoms with van der Waals surface area (Å²) >= 11 is 3.51. The second-order valence-electron chi connectivity index (χ2n) is 6.22. The third-order valence-corrected chi connectivity index (χ3v) is 6.80. The Morgan fingerprint density at radius 2 is 1.71 bits per heavy atom. The quantitative estimate of drug-likeness (QED) is 0.603. The Morgan fingerprint density at radius 3 is 2.46 bits per heavy atom. The van der Waals surface area contributed by atoms with Crippen LogP contribution >= 0.6 is 15.9 Å². The van der Waals surface area contributed by atoms with Gasteiger partial charge in [0.2, 0.25) is 10.0 Å². The van der Waals surface area contributed by atoms with E-state index in [1.165, 1.54) is 20.2 Å². The first-order valence-electron chi connectivity index (χ1n) is 8.42. The van der Waals surface area contributed by atoms with Crippen molar-refractivity contribution in [3.8, 4) is 5.75 Å². The van der Waals surface area contributed by atoms with Crippen molar-refractivity contribution in [2.24, 2.45) is 0 Å². The first-order valence-corrected chi connectivity index (χ1v) is 10.7. The number of nitrogens with zero attached hydrogens (tertiary/aromatic N) is 1. The van der Waals surface area contributed by atoms with Crippen LogP contribution in [0.3, 0.4) is 0 Å². The van der Waals surface area contributed by atoms with E-state index < -0.39 is 15.9 Å². The Hall–Kier alpha value is -2.42. The number of benzene rings is 3. The van der Waals surface area contributed by atoms with E-state index in [4.69, 9.17) is 4.74 Å². The fourth-order valence-electron chi connectivity index (χ4n) is 2.65. The summed E-state index contributed by atoms with van der Waals surface area (Å²) in [5.74, 6) is 0.0736. The van der Waals surface area contributed by atoms with Crippen LogP contribution in [0.25, 0.3) is 10.8 Å². The average Bonchev–Trinajstić information content (AvgIpc) is 2.68. The summed E-state index contributed by atoms with van der Waals surface area (Å²) in [7, 11) is -0.803. The van der Waals surface area contributed by atoms with Gasteiger partial charge in [0.1, 0.15) is 10.6 Å². The van der Waals surface area contributed by atoms with Crippen molar-refractivity contribution in [1.82, 2.24) is 4.31 Å². The standard InChI is InChI=1S/C20H19BrN2O4S/c1-23(2)28(25,26)18-10-6-5-9-16(18)22-19(24)13-27-17-12-11-14-7-3-4-8-15(14)20(17)21/h3-12H,13H2,1-2H3,(H,22,24). The lowest BCUT2D eigenvalue weighted by molar-refractivity contribution is -0.118. The SMILES string of the molecule is CN(C)S(=O)(=O)c1ccccc1NC(=O)COc1ccc2ccccc2c1Br. The molecule has 0 bridgehead atoms. The van der Waals surface area contributed by atoms with Gasteiger partial charge in [-0.25, -0.2) is 12.7 Å². The van der Waals surface area contributed by atoms with Crippen molar-refractivity contribution in [2.45, 2.75) is 4.90 Å². The van der Waals surface area contributed by atoms with Gasteiger partial charge in [-0.3, -0.25) is 4.79 Å². The predicted molar refractivity (Wildman–Crippen MR) is 113 cm³/mol. The summed E-state index contributed by atoms with van der Waals surface area (Å²) in [5, 5.41) is 4.64. The molecule has 0 aliphatic carbocycles. The summed E-state index contributed by atoms with van der Waals surface area (Å²) in [4.78, 5) is 12.4. The van der Waals surface area contributed by atoms with Gasteiger partial charge in [0.25, 0.3) is 5.91 Å². The Labute approximate surface area is 172 Å². The number of carbonyl (C=O) groups excluding carboxylic acids is 1. The Kier molecular flexibility index (Phi) is 6.02. The molecule has 146 valence electrons. The molecule has 3 aromatic carbocycles. The van der Waals surface area contributed by atoms with E-state index in [2.05, 4.69) is 21.2 Å². The van der Waals surface area contributed by atoms with Crippen LogP contribution in [0.2, 0.25) is 0 Å². The van der Waals surface area contributed by atoms with Crippen LogP contribution in [0.15, 0.2) is 70.0 Å². The Morgan fingerprint density at radius 1 is 1.04 bits per heavy atom. The van der Waals surface area contributed by atoms with E-state index in [0.29, 0.717) is 5.75 Å². The molecule has 0 heterocycles.